The predicted octanol–water partition coefficient (Wildman–Crippen LogP) is 2.88. The molecule has 98 valence electrons. The van der Waals surface area contributed by atoms with E-state index in [0.717, 1.165) is 21.8 Å². The fourth-order valence-electron chi connectivity index (χ4n) is 2.25. The number of nitrogens with zero attached hydrogens (tertiary/aromatic N) is 2. The number of anilines is 1. The van der Waals surface area contributed by atoms with Gasteiger partial charge in [0.1, 0.15) is 17.2 Å². The van der Waals surface area contributed by atoms with Gasteiger partial charge in [0, 0.05) is 30.6 Å². The standard InChI is InChI=1S/C16H12N2O2/c1-18(2)13-5-6-14-10(8-13)3-4-11-7-12(9-17)16(19)20-15(11)14/h3-8H,1-2H3. The molecule has 0 aliphatic rings. The van der Waals surface area contributed by atoms with E-state index in [0.29, 0.717) is 5.58 Å². The van der Waals surface area contributed by atoms with E-state index in [1.807, 2.05) is 55.4 Å². The fourth-order valence-corrected chi connectivity index (χ4v) is 2.25. The molecule has 4 heteroatoms. The molecule has 0 aliphatic heterocycles. The lowest BCUT2D eigenvalue weighted by molar-refractivity contribution is 0.561. The summed E-state index contributed by atoms with van der Waals surface area (Å²) >= 11 is 0. The molecular formula is C16H12N2O2. The third kappa shape index (κ3) is 1.81. The molecule has 1 aromatic heterocycles. The van der Waals surface area contributed by atoms with Gasteiger partial charge in [-0.1, -0.05) is 12.1 Å². The number of rotatable bonds is 1. The van der Waals surface area contributed by atoms with Gasteiger partial charge in [0.25, 0.3) is 0 Å². The zero-order valence-corrected chi connectivity index (χ0v) is 11.2. The van der Waals surface area contributed by atoms with Crippen molar-refractivity contribution in [1.29, 1.82) is 5.26 Å². The lowest BCUT2D eigenvalue weighted by Crippen LogP contribution is -2.08. The molecule has 2 aromatic carbocycles. The Labute approximate surface area is 115 Å². The molecule has 0 amide bonds. The normalized spacial score (nSPS) is 10.7. The Kier molecular flexibility index (Phi) is 2.69. The molecule has 0 unspecified atom stereocenters. The van der Waals surface area contributed by atoms with Crippen LogP contribution in [-0.2, 0) is 0 Å². The van der Waals surface area contributed by atoms with Crippen LogP contribution in [0.2, 0.25) is 0 Å². The summed E-state index contributed by atoms with van der Waals surface area (Å²) in [5, 5.41) is 11.5. The van der Waals surface area contributed by atoms with Crippen LogP contribution in [0.3, 0.4) is 0 Å². The van der Waals surface area contributed by atoms with Gasteiger partial charge in [-0.3, -0.25) is 0 Å². The Morgan fingerprint density at radius 3 is 2.55 bits per heavy atom. The van der Waals surface area contributed by atoms with Gasteiger partial charge in [0.05, 0.1) is 0 Å². The van der Waals surface area contributed by atoms with Crippen molar-refractivity contribution in [3.63, 3.8) is 0 Å². The number of fused-ring (bicyclic) bond motifs is 3. The maximum Gasteiger partial charge on any atom is 0.354 e. The van der Waals surface area contributed by atoms with Crippen molar-refractivity contribution >= 4 is 27.4 Å². The van der Waals surface area contributed by atoms with Gasteiger partial charge < -0.3 is 9.32 Å². The van der Waals surface area contributed by atoms with Crippen molar-refractivity contribution in [1.82, 2.24) is 0 Å². The first-order valence-corrected chi connectivity index (χ1v) is 6.18. The average molecular weight is 264 g/mol. The van der Waals surface area contributed by atoms with Crippen LogP contribution in [0.25, 0.3) is 21.7 Å². The van der Waals surface area contributed by atoms with E-state index in [9.17, 15) is 4.79 Å². The molecule has 3 aromatic rings. The molecule has 1 heterocycles. The summed E-state index contributed by atoms with van der Waals surface area (Å²) in [6.45, 7) is 0. The summed E-state index contributed by atoms with van der Waals surface area (Å²) in [4.78, 5) is 13.7. The van der Waals surface area contributed by atoms with E-state index in [2.05, 4.69) is 0 Å². The first-order chi connectivity index (χ1) is 9.60. The lowest BCUT2D eigenvalue weighted by Gasteiger charge is -2.13. The fraction of sp³-hybridized carbons (Fsp3) is 0.125. The minimum atomic E-state index is -0.593. The quantitative estimate of drug-likeness (QED) is 0.501. The molecule has 0 spiro atoms. The highest BCUT2D eigenvalue weighted by Crippen LogP contribution is 2.27. The number of hydrogen-bond donors (Lipinski definition) is 0. The SMILES string of the molecule is CN(C)c1ccc2c(ccc3cc(C#N)c(=O)oc32)c1. The second-order valence-electron chi connectivity index (χ2n) is 4.84. The first kappa shape index (κ1) is 12.2. The zero-order chi connectivity index (χ0) is 14.3. The third-order valence-electron chi connectivity index (χ3n) is 3.34. The molecule has 0 bridgehead atoms. The van der Waals surface area contributed by atoms with Crippen molar-refractivity contribution in [2.45, 2.75) is 0 Å². The van der Waals surface area contributed by atoms with Gasteiger partial charge in [-0.05, 0) is 29.7 Å². The summed E-state index contributed by atoms with van der Waals surface area (Å²) in [6, 6.07) is 13.2. The van der Waals surface area contributed by atoms with E-state index in [4.69, 9.17) is 9.68 Å². The second kappa shape index (κ2) is 4.39. The molecule has 0 fully saturated rings. The molecular weight excluding hydrogens is 252 g/mol. The maximum atomic E-state index is 11.7. The largest absolute Gasteiger partial charge is 0.421 e. The molecule has 0 saturated carbocycles. The lowest BCUT2D eigenvalue weighted by atomic mass is 10.1. The van der Waals surface area contributed by atoms with E-state index in [1.54, 1.807) is 6.07 Å². The summed E-state index contributed by atoms with van der Waals surface area (Å²) in [5.41, 5.74) is 1.04. The van der Waals surface area contributed by atoms with Crippen LogP contribution in [-0.4, -0.2) is 14.1 Å². The number of nitriles is 1. The monoisotopic (exact) mass is 264 g/mol. The highest BCUT2D eigenvalue weighted by molar-refractivity contribution is 6.05. The van der Waals surface area contributed by atoms with Crippen LogP contribution in [0.4, 0.5) is 5.69 Å². The van der Waals surface area contributed by atoms with Gasteiger partial charge in [-0.2, -0.15) is 5.26 Å². The van der Waals surface area contributed by atoms with Crippen LogP contribution in [0, 0.1) is 11.3 Å². The van der Waals surface area contributed by atoms with Crippen molar-refractivity contribution < 1.29 is 4.42 Å². The predicted molar refractivity (Wildman–Crippen MR) is 79.0 cm³/mol. The summed E-state index contributed by atoms with van der Waals surface area (Å²) < 4.78 is 5.31. The van der Waals surface area contributed by atoms with Crippen molar-refractivity contribution in [2.75, 3.05) is 19.0 Å². The molecule has 0 N–H and O–H groups in total. The Balaban J connectivity index is 2.39. The van der Waals surface area contributed by atoms with Crippen LogP contribution >= 0.6 is 0 Å². The summed E-state index contributed by atoms with van der Waals surface area (Å²) in [7, 11) is 3.95. The van der Waals surface area contributed by atoms with E-state index in [1.165, 1.54) is 0 Å². The molecule has 0 saturated heterocycles. The highest BCUT2D eigenvalue weighted by atomic mass is 16.4. The smallest absolute Gasteiger partial charge is 0.354 e. The van der Waals surface area contributed by atoms with E-state index >= 15 is 0 Å². The molecule has 0 aliphatic carbocycles. The van der Waals surface area contributed by atoms with Gasteiger partial charge in [0.2, 0.25) is 0 Å². The van der Waals surface area contributed by atoms with Gasteiger partial charge in [0.15, 0.2) is 0 Å². The summed E-state index contributed by atoms with van der Waals surface area (Å²) in [6.07, 6.45) is 0. The first-order valence-electron chi connectivity index (χ1n) is 6.18. The third-order valence-corrected chi connectivity index (χ3v) is 3.34. The van der Waals surface area contributed by atoms with Crippen molar-refractivity contribution in [2.24, 2.45) is 0 Å². The molecule has 3 rings (SSSR count). The Morgan fingerprint density at radius 2 is 1.85 bits per heavy atom. The molecule has 0 atom stereocenters. The second-order valence-corrected chi connectivity index (χ2v) is 4.84. The molecule has 4 nitrogen and oxygen atoms in total. The van der Waals surface area contributed by atoms with Gasteiger partial charge in [-0.15, -0.1) is 0 Å². The Bertz CT molecular complexity index is 917. The maximum absolute atomic E-state index is 11.7. The van der Waals surface area contributed by atoms with Crippen molar-refractivity contribution in [3.05, 3.63) is 52.4 Å². The summed E-state index contributed by atoms with van der Waals surface area (Å²) in [5.74, 6) is 0. The van der Waals surface area contributed by atoms with Gasteiger partial charge >= 0.3 is 5.63 Å². The van der Waals surface area contributed by atoms with Gasteiger partial charge in [-0.25, -0.2) is 4.79 Å². The molecule has 0 radical (unpaired) electrons. The average Bonchev–Trinajstić information content (AvgIpc) is 2.45. The minimum Gasteiger partial charge on any atom is -0.421 e. The highest BCUT2D eigenvalue weighted by Gasteiger charge is 2.08. The zero-order valence-electron chi connectivity index (χ0n) is 11.2. The molecule has 20 heavy (non-hydrogen) atoms. The Hall–Kier alpha value is -2.80. The van der Waals surface area contributed by atoms with Crippen LogP contribution < -0.4 is 10.5 Å². The van der Waals surface area contributed by atoms with E-state index < -0.39 is 5.63 Å². The van der Waals surface area contributed by atoms with Crippen LogP contribution in [0.15, 0.2) is 45.6 Å². The minimum absolute atomic E-state index is 0.0294. The van der Waals surface area contributed by atoms with Crippen molar-refractivity contribution in [3.8, 4) is 6.07 Å². The number of hydrogen-bond acceptors (Lipinski definition) is 4. The van der Waals surface area contributed by atoms with Crippen LogP contribution in [0.5, 0.6) is 0 Å². The van der Waals surface area contributed by atoms with Crippen LogP contribution in [0.1, 0.15) is 5.56 Å². The number of benzene rings is 2. The topological polar surface area (TPSA) is 57.2 Å². The van der Waals surface area contributed by atoms with E-state index in [-0.39, 0.29) is 5.56 Å². The Morgan fingerprint density at radius 1 is 1.10 bits per heavy atom.